The summed E-state index contributed by atoms with van der Waals surface area (Å²) in [6.45, 7) is 2.29. The topological polar surface area (TPSA) is 41.6 Å². The molecule has 0 spiro atoms. The van der Waals surface area contributed by atoms with Crippen LogP contribution in [0.5, 0.6) is 5.75 Å². The summed E-state index contributed by atoms with van der Waals surface area (Å²) in [5, 5.41) is 3.26. The maximum absolute atomic E-state index is 12.2. The molecule has 1 aliphatic rings. The number of carbonyl (C=O) groups is 1. The van der Waals surface area contributed by atoms with E-state index in [9.17, 15) is 4.79 Å². The number of para-hydroxylation sites is 1. The quantitative estimate of drug-likeness (QED) is 0.798. The minimum absolute atomic E-state index is 0.241. The van der Waals surface area contributed by atoms with Crippen LogP contribution in [0.1, 0.15) is 25.7 Å². The number of amides is 1. The lowest BCUT2D eigenvalue weighted by molar-refractivity contribution is -0.132. The highest BCUT2D eigenvalue weighted by molar-refractivity contribution is 9.10. The standard InChI is InChI=1S/C16H23BrN2O2/c1-18-13-6-4-10-19(12-13)16(20)9-5-11-21-15-8-3-2-7-14(15)17/h2-3,7-8,13,18H,4-6,9-12H2,1H3/t13-/m1/s1. The third-order valence-corrected chi connectivity index (χ3v) is 4.47. The maximum Gasteiger partial charge on any atom is 0.222 e. The summed E-state index contributed by atoms with van der Waals surface area (Å²) < 4.78 is 6.64. The fourth-order valence-electron chi connectivity index (χ4n) is 2.56. The van der Waals surface area contributed by atoms with Crippen LogP contribution >= 0.6 is 15.9 Å². The van der Waals surface area contributed by atoms with Crippen LogP contribution < -0.4 is 10.1 Å². The number of carbonyl (C=O) groups excluding carboxylic acids is 1. The fraction of sp³-hybridized carbons (Fsp3) is 0.562. The maximum atomic E-state index is 12.2. The smallest absolute Gasteiger partial charge is 0.222 e. The van der Waals surface area contributed by atoms with Crippen molar-refractivity contribution >= 4 is 21.8 Å². The highest BCUT2D eigenvalue weighted by Crippen LogP contribution is 2.23. The summed E-state index contributed by atoms with van der Waals surface area (Å²) in [5.74, 6) is 1.07. The van der Waals surface area contributed by atoms with Gasteiger partial charge < -0.3 is 15.0 Å². The molecule has 1 fully saturated rings. The average molecular weight is 355 g/mol. The zero-order valence-corrected chi connectivity index (χ0v) is 14.1. The first-order valence-electron chi connectivity index (χ1n) is 7.53. The Balaban J connectivity index is 1.68. The van der Waals surface area contributed by atoms with Gasteiger partial charge in [-0.2, -0.15) is 0 Å². The zero-order chi connectivity index (χ0) is 15.1. The van der Waals surface area contributed by atoms with Crippen molar-refractivity contribution in [3.8, 4) is 5.75 Å². The van der Waals surface area contributed by atoms with E-state index >= 15 is 0 Å². The molecular weight excluding hydrogens is 332 g/mol. The molecule has 0 aliphatic carbocycles. The molecule has 1 N–H and O–H groups in total. The molecule has 2 rings (SSSR count). The molecule has 21 heavy (non-hydrogen) atoms. The lowest BCUT2D eigenvalue weighted by Crippen LogP contribution is -2.46. The van der Waals surface area contributed by atoms with Gasteiger partial charge in [0.1, 0.15) is 5.75 Å². The van der Waals surface area contributed by atoms with Crippen molar-refractivity contribution in [1.29, 1.82) is 0 Å². The Morgan fingerprint density at radius 1 is 1.48 bits per heavy atom. The average Bonchev–Trinajstić information content (AvgIpc) is 2.53. The first-order chi connectivity index (χ1) is 10.2. The fourth-order valence-corrected chi connectivity index (χ4v) is 2.96. The van der Waals surface area contributed by atoms with Crippen LogP contribution in [-0.2, 0) is 4.79 Å². The van der Waals surface area contributed by atoms with E-state index in [-0.39, 0.29) is 5.91 Å². The second kappa shape index (κ2) is 8.39. The van der Waals surface area contributed by atoms with Gasteiger partial charge in [0, 0.05) is 25.6 Å². The van der Waals surface area contributed by atoms with Crippen LogP contribution in [0.15, 0.2) is 28.7 Å². The molecule has 1 heterocycles. The Hall–Kier alpha value is -1.07. The highest BCUT2D eigenvalue weighted by atomic mass is 79.9. The second-order valence-corrected chi connectivity index (χ2v) is 6.20. The van der Waals surface area contributed by atoms with Gasteiger partial charge in [0.15, 0.2) is 0 Å². The van der Waals surface area contributed by atoms with Gasteiger partial charge in [-0.25, -0.2) is 0 Å². The van der Waals surface area contributed by atoms with Crippen LogP contribution in [0, 0.1) is 0 Å². The summed E-state index contributed by atoms with van der Waals surface area (Å²) in [6, 6.07) is 8.21. The summed E-state index contributed by atoms with van der Waals surface area (Å²) >= 11 is 3.45. The molecule has 0 unspecified atom stereocenters. The molecular formula is C16H23BrN2O2. The zero-order valence-electron chi connectivity index (χ0n) is 12.5. The van der Waals surface area contributed by atoms with E-state index < -0.39 is 0 Å². The van der Waals surface area contributed by atoms with Crippen LogP contribution in [-0.4, -0.2) is 43.6 Å². The Morgan fingerprint density at radius 3 is 3.05 bits per heavy atom. The lowest BCUT2D eigenvalue weighted by atomic mass is 10.1. The normalized spacial score (nSPS) is 18.6. The SMILES string of the molecule is CN[C@@H]1CCCN(C(=O)CCCOc2ccccc2Br)C1. The first kappa shape index (κ1) is 16.3. The third-order valence-electron chi connectivity index (χ3n) is 3.81. The number of hydrogen-bond donors (Lipinski definition) is 1. The van der Waals surface area contributed by atoms with Crippen molar-refractivity contribution in [2.24, 2.45) is 0 Å². The summed E-state index contributed by atoms with van der Waals surface area (Å²) in [6.07, 6.45) is 3.55. The molecule has 1 saturated heterocycles. The van der Waals surface area contributed by atoms with Crippen LogP contribution in [0.3, 0.4) is 0 Å². The number of nitrogens with one attached hydrogen (secondary N) is 1. The molecule has 5 heteroatoms. The third kappa shape index (κ3) is 5.00. The predicted octanol–water partition coefficient (Wildman–Crippen LogP) is 2.82. The number of likely N-dealkylation sites (N-methyl/N-ethyl adjacent to an activating group) is 1. The van der Waals surface area contributed by atoms with Crippen molar-refractivity contribution in [3.05, 3.63) is 28.7 Å². The van der Waals surface area contributed by atoms with E-state index in [1.165, 1.54) is 0 Å². The van der Waals surface area contributed by atoms with E-state index in [0.29, 0.717) is 19.1 Å². The highest BCUT2D eigenvalue weighted by Gasteiger charge is 2.21. The van der Waals surface area contributed by atoms with Crippen LogP contribution in [0.2, 0.25) is 0 Å². The Morgan fingerprint density at radius 2 is 2.29 bits per heavy atom. The number of halogens is 1. The molecule has 0 bridgehead atoms. The molecule has 1 amide bonds. The monoisotopic (exact) mass is 354 g/mol. The molecule has 0 radical (unpaired) electrons. The van der Waals surface area contributed by atoms with Crippen molar-refractivity contribution in [1.82, 2.24) is 10.2 Å². The lowest BCUT2D eigenvalue weighted by Gasteiger charge is -2.32. The second-order valence-electron chi connectivity index (χ2n) is 5.35. The number of ether oxygens (including phenoxy) is 1. The van der Waals surface area contributed by atoms with E-state index in [1.54, 1.807) is 0 Å². The Bertz CT molecular complexity index is 467. The van der Waals surface area contributed by atoms with Crippen molar-refractivity contribution < 1.29 is 9.53 Å². The number of nitrogens with zero attached hydrogens (tertiary/aromatic N) is 1. The van der Waals surface area contributed by atoms with Gasteiger partial charge in [-0.15, -0.1) is 0 Å². The molecule has 1 aromatic rings. The van der Waals surface area contributed by atoms with Crippen LogP contribution in [0.4, 0.5) is 0 Å². The molecule has 1 aromatic carbocycles. The largest absolute Gasteiger partial charge is 0.492 e. The van der Waals surface area contributed by atoms with Gasteiger partial charge in [0.2, 0.25) is 5.91 Å². The van der Waals surface area contributed by atoms with Gasteiger partial charge >= 0.3 is 0 Å². The minimum Gasteiger partial charge on any atom is -0.492 e. The Labute approximate surface area is 135 Å². The van der Waals surface area contributed by atoms with Gasteiger partial charge in [0.05, 0.1) is 11.1 Å². The van der Waals surface area contributed by atoms with E-state index in [0.717, 1.165) is 42.6 Å². The summed E-state index contributed by atoms with van der Waals surface area (Å²) in [5.41, 5.74) is 0. The number of benzene rings is 1. The van der Waals surface area contributed by atoms with Crippen molar-refractivity contribution in [2.75, 3.05) is 26.7 Å². The molecule has 4 nitrogen and oxygen atoms in total. The number of piperidine rings is 1. The summed E-state index contributed by atoms with van der Waals surface area (Å²) in [4.78, 5) is 14.1. The van der Waals surface area contributed by atoms with E-state index in [1.807, 2.05) is 36.2 Å². The number of rotatable bonds is 6. The van der Waals surface area contributed by atoms with Gasteiger partial charge in [0.25, 0.3) is 0 Å². The molecule has 1 atom stereocenters. The molecule has 116 valence electrons. The summed E-state index contributed by atoms with van der Waals surface area (Å²) in [7, 11) is 1.96. The van der Waals surface area contributed by atoms with Crippen LogP contribution in [0.25, 0.3) is 0 Å². The number of likely N-dealkylation sites (tertiary alicyclic amines) is 1. The molecule has 0 aromatic heterocycles. The van der Waals surface area contributed by atoms with Gasteiger partial charge in [-0.3, -0.25) is 4.79 Å². The minimum atomic E-state index is 0.241. The Kier molecular flexibility index (Phi) is 6.51. The predicted molar refractivity (Wildman–Crippen MR) is 87.5 cm³/mol. The van der Waals surface area contributed by atoms with Gasteiger partial charge in [-0.05, 0) is 54.4 Å². The van der Waals surface area contributed by atoms with E-state index in [2.05, 4.69) is 21.2 Å². The first-order valence-corrected chi connectivity index (χ1v) is 8.32. The number of hydrogen-bond acceptors (Lipinski definition) is 3. The van der Waals surface area contributed by atoms with E-state index in [4.69, 9.17) is 4.74 Å². The molecule has 1 aliphatic heterocycles. The molecule has 0 saturated carbocycles. The van der Waals surface area contributed by atoms with Gasteiger partial charge in [-0.1, -0.05) is 12.1 Å². The van der Waals surface area contributed by atoms with Crippen molar-refractivity contribution in [2.45, 2.75) is 31.7 Å². The van der Waals surface area contributed by atoms with Crippen molar-refractivity contribution in [3.63, 3.8) is 0 Å².